The van der Waals surface area contributed by atoms with Gasteiger partial charge in [-0.15, -0.1) is 0 Å². The largest absolute Gasteiger partial charge is 0.486 e. The summed E-state index contributed by atoms with van der Waals surface area (Å²) in [6.45, 7) is 3.87. The van der Waals surface area contributed by atoms with Gasteiger partial charge in [-0.1, -0.05) is 29.3 Å². The number of aromatic nitrogens is 3. The second-order valence-electron chi connectivity index (χ2n) is 8.29. The van der Waals surface area contributed by atoms with Crippen LogP contribution in [0.25, 0.3) is 11.0 Å². The highest BCUT2D eigenvalue weighted by molar-refractivity contribution is 6.33. The highest BCUT2D eigenvalue weighted by Gasteiger charge is 2.36. The van der Waals surface area contributed by atoms with E-state index in [1.54, 1.807) is 24.3 Å². The molecule has 0 unspecified atom stereocenters. The fraction of sp³-hybridized carbons (Fsp3) is 0.174. The smallest absolute Gasteiger partial charge is 0.260 e. The number of aromatic amines is 1. The molecule has 2 aromatic heterocycles. The lowest BCUT2D eigenvalue weighted by atomic mass is 9.99. The number of hydrogen-bond donors (Lipinski definition) is 3. The van der Waals surface area contributed by atoms with Crippen LogP contribution in [0.2, 0.25) is 10.0 Å². The first-order valence-corrected chi connectivity index (χ1v) is 10.8. The third-order valence-electron chi connectivity index (χ3n) is 5.23. The number of hydrogen-bond acceptors (Lipinski definition) is 5. The third-order valence-corrected chi connectivity index (χ3v) is 5.76. The van der Waals surface area contributed by atoms with Gasteiger partial charge in [0.05, 0.1) is 32.3 Å². The highest BCUT2D eigenvalue weighted by Crippen LogP contribution is 2.42. The number of carbonyl (C=O) groups excluding carboxylic acids is 1. The molecule has 5 rings (SSSR count). The van der Waals surface area contributed by atoms with Crippen molar-refractivity contribution >= 4 is 57.6 Å². The summed E-state index contributed by atoms with van der Waals surface area (Å²) in [6.07, 6.45) is 2.00. The molecule has 0 fully saturated rings. The Bertz CT molecular complexity index is 1380. The minimum Gasteiger partial charge on any atom is -0.486 e. The van der Waals surface area contributed by atoms with E-state index in [1.165, 1.54) is 18.3 Å². The van der Waals surface area contributed by atoms with Gasteiger partial charge >= 0.3 is 0 Å². The summed E-state index contributed by atoms with van der Waals surface area (Å²) in [5.74, 6) is 0.216. The van der Waals surface area contributed by atoms with E-state index in [2.05, 4.69) is 25.6 Å². The lowest BCUT2D eigenvalue weighted by Crippen LogP contribution is -2.25. The minimum atomic E-state index is -0.522. The zero-order valence-electron chi connectivity index (χ0n) is 17.6. The van der Waals surface area contributed by atoms with Gasteiger partial charge in [-0.05, 0) is 44.2 Å². The number of benzene rings is 2. The maximum atomic E-state index is 14.2. The zero-order valence-corrected chi connectivity index (χ0v) is 19.1. The molecule has 0 saturated heterocycles. The number of carbonyl (C=O) groups is 1. The van der Waals surface area contributed by atoms with Crippen molar-refractivity contribution in [2.45, 2.75) is 25.9 Å². The van der Waals surface area contributed by atoms with Gasteiger partial charge in [-0.3, -0.25) is 4.79 Å². The molecule has 0 spiro atoms. The summed E-state index contributed by atoms with van der Waals surface area (Å²) in [6, 6.07) is 9.31. The van der Waals surface area contributed by atoms with Crippen LogP contribution < -0.4 is 15.4 Å². The number of nitrogens with one attached hydrogen (secondary N) is 3. The van der Waals surface area contributed by atoms with E-state index in [4.69, 9.17) is 27.9 Å². The molecule has 0 bridgehead atoms. The molecule has 2 aromatic carbocycles. The molecule has 3 heterocycles. The van der Waals surface area contributed by atoms with E-state index in [1.807, 2.05) is 13.8 Å². The number of para-hydroxylation sites is 1. The number of rotatable bonds is 4. The van der Waals surface area contributed by atoms with Crippen molar-refractivity contribution in [1.29, 1.82) is 0 Å². The molecule has 1 aliphatic rings. The summed E-state index contributed by atoms with van der Waals surface area (Å²) in [7, 11) is 0. The molecule has 33 heavy (non-hydrogen) atoms. The lowest BCUT2D eigenvalue weighted by molar-refractivity contribution is 0.101. The number of fused-ring (bicyclic) bond motifs is 3. The van der Waals surface area contributed by atoms with Crippen LogP contribution in [0.3, 0.4) is 0 Å². The quantitative estimate of drug-likeness (QED) is 0.324. The van der Waals surface area contributed by atoms with Gasteiger partial charge < -0.3 is 20.4 Å². The molecule has 4 aromatic rings. The summed E-state index contributed by atoms with van der Waals surface area (Å²) in [4.78, 5) is 24.9. The molecule has 168 valence electrons. The van der Waals surface area contributed by atoms with Gasteiger partial charge in [-0.2, -0.15) is 0 Å². The van der Waals surface area contributed by atoms with Gasteiger partial charge in [0.25, 0.3) is 5.91 Å². The maximum absolute atomic E-state index is 14.2. The van der Waals surface area contributed by atoms with Crippen LogP contribution in [0.1, 0.15) is 29.8 Å². The number of halogens is 3. The third kappa shape index (κ3) is 4.07. The van der Waals surface area contributed by atoms with Crippen LogP contribution in [0, 0.1) is 5.82 Å². The SMILES string of the molecule is CC1(C)Cc2c(c(C(=O)Nc3ccc(Cl)cn3)cc3[nH]c(Nc4c(F)cccc4Cl)nc23)O1. The summed E-state index contributed by atoms with van der Waals surface area (Å²) < 4.78 is 20.4. The average molecular weight is 486 g/mol. The Balaban J connectivity index is 1.56. The van der Waals surface area contributed by atoms with Gasteiger partial charge in [0, 0.05) is 18.2 Å². The summed E-state index contributed by atoms with van der Waals surface area (Å²) in [5.41, 5.74) is 1.93. The Morgan fingerprint density at radius 1 is 1.24 bits per heavy atom. The molecule has 0 radical (unpaired) electrons. The number of pyridine rings is 1. The van der Waals surface area contributed by atoms with E-state index in [-0.39, 0.29) is 16.6 Å². The number of anilines is 3. The fourth-order valence-corrected chi connectivity index (χ4v) is 4.14. The normalized spacial score (nSPS) is 14.1. The number of imidazole rings is 1. The van der Waals surface area contributed by atoms with Crippen LogP contribution in [0.4, 0.5) is 21.8 Å². The van der Waals surface area contributed by atoms with E-state index in [0.717, 1.165) is 5.56 Å². The Morgan fingerprint density at radius 3 is 2.79 bits per heavy atom. The number of amides is 1. The number of nitrogens with zero attached hydrogens (tertiary/aromatic N) is 2. The van der Waals surface area contributed by atoms with Gasteiger partial charge in [-0.25, -0.2) is 14.4 Å². The Morgan fingerprint density at radius 2 is 2.06 bits per heavy atom. The first-order valence-electron chi connectivity index (χ1n) is 10.1. The van der Waals surface area contributed by atoms with Crippen molar-refractivity contribution in [3.63, 3.8) is 0 Å². The molecule has 0 saturated carbocycles. The molecule has 3 N–H and O–H groups in total. The average Bonchev–Trinajstić information content (AvgIpc) is 3.31. The minimum absolute atomic E-state index is 0.109. The second-order valence-corrected chi connectivity index (χ2v) is 9.13. The van der Waals surface area contributed by atoms with Crippen LogP contribution in [0.15, 0.2) is 42.6 Å². The van der Waals surface area contributed by atoms with E-state index >= 15 is 0 Å². The number of H-pyrrole nitrogens is 1. The predicted octanol–water partition coefficient (Wildman–Crippen LogP) is 6.11. The van der Waals surface area contributed by atoms with Gasteiger partial charge in [0.1, 0.15) is 23.0 Å². The monoisotopic (exact) mass is 485 g/mol. The molecule has 1 aliphatic heterocycles. The van der Waals surface area contributed by atoms with Gasteiger partial charge in [0.2, 0.25) is 5.95 Å². The number of ether oxygens (including phenoxy) is 1. The molecular weight excluding hydrogens is 468 g/mol. The standard InChI is InChI=1S/C23H18Cl2FN5O2/c1-23(2)9-13-18-16(28-22(30-18)31-19-14(25)4-3-5-15(19)26)8-12(20(13)33-23)21(32)29-17-7-6-11(24)10-27-17/h3-8,10H,9H2,1-2H3,(H,27,29,32)(H2,28,30,31). The van der Waals surface area contributed by atoms with Crippen molar-refractivity contribution in [1.82, 2.24) is 15.0 Å². The van der Waals surface area contributed by atoms with E-state index in [9.17, 15) is 9.18 Å². The van der Waals surface area contributed by atoms with Crippen molar-refractivity contribution in [2.75, 3.05) is 10.6 Å². The fourth-order valence-electron chi connectivity index (χ4n) is 3.82. The van der Waals surface area contributed by atoms with Gasteiger partial charge in [0.15, 0.2) is 0 Å². The molecule has 7 nitrogen and oxygen atoms in total. The van der Waals surface area contributed by atoms with E-state index in [0.29, 0.717) is 45.6 Å². The van der Waals surface area contributed by atoms with Crippen LogP contribution in [0.5, 0.6) is 5.75 Å². The topological polar surface area (TPSA) is 91.9 Å². The van der Waals surface area contributed by atoms with Crippen molar-refractivity contribution < 1.29 is 13.9 Å². The molecule has 0 aliphatic carbocycles. The first kappa shape index (κ1) is 21.5. The Labute approximate surface area is 198 Å². The predicted molar refractivity (Wildman–Crippen MR) is 126 cm³/mol. The first-order chi connectivity index (χ1) is 15.7. The summed E-state index contributed by atoms with van der Waals surface area (Å²) >= 11 is 12.0. The second kappa shape index (κ2) is 7.90. The molecule has 10 heteroatoms. The van der Waals surface area contributed by atoms with Crippen LogP contribution in [-0.4, -0.2) is 26.5 Å². The van der Waals surface area contributed by atoms with E-state index < -0.39 is 11.4 Å². The lowest BCUT2D eigenvalue weighted by Gasteiger charge is -2.18. The molecular formula is C23H18Cl2FN5O2. The maximum Gasteiger partial charge on any atom is 0.260 e. The van der Waals surface area contributed by atoms with Crippen LogP contribution >= 0.6 is 23.2 Å². The van der Waals surface area contributed by atoms with Crippen molar-refractivity contribution in [3.8, 4) is 5.75 Å². The highest BCUT2D eigenvalue weighted by atomic mass is 35.5. The molecule has 1 amide bonds. The molecule has 0 atom stereocenters. The zero-order chi connectivity index (χ0) is 23.3. The Kier molecular flexibility index (Phi) is 5.14. The van der Waals surface area contributed by atoms with Crippen molar-refractivity contribution in [3.05, 3.63) is 69.6 Å². The summed E-state index contributed by atoms with van der Waals surface area (Å²) in [5, 5.41) is 6.35. The Hall–Kier alpha value is -3.36. The van der Waals surface area contributed by atoms with Crippen molar-refractivity contribution in [2.24, 2.45) is 0 Å². The van der Waals surface area contributed by atoms with Crippen LogP contribution in [-0.2, 0) is 6.42 Å².